The molecule has 0 unspecified atom stereocenters. The molecule has 156 valence electrons. The third kappa shape index (κ3) is 6.12. The zero-order chi connectivity index (χ0) is 20.5. The lowest BCUT2D eigenvalue weighted by Crippen LogP contribution is -2.41. The minimum Gasteiger partial charge on any atom is -0.497 e. The predicted octanol–water partition coefficient (Wildman–Crippen LogP) is 2.28. The number of nitrogens with zero attached hydrogens (tertiary/aromatic N) is 2. The van der Waals surface area contributed by atoms with E-state index in [0.29, 0.717) is 25.7 Å². The highest BCUT2D eigenvalue weighted by molar-refractivity contribution is 7.10. The Hall–Kier alpha value is -2.74. The van der Waals surface area contributed by atoms with Crippen LogP contribution in [0, 0.1) is 0 Å². The highest BCUT2D eigenvalue weighted by Gasteiger charge is 2.21. The lowest BCUT2D eigenvalue weighted by atomic mass is 10.1. The summed E-state index contributed by atoms with van der Waals surface area (Å²) in [6.45, 7) is 5.37. The molecule has 1 aromatic heterocycles. The molecule has 0 saturated carbocycles. The van der Waals surface area contributed by atoms with Crippen LogP contribution in [0.15, 0.2) is 40.7 Å². The van der Waals surface area contributed by atoms with E-state index < -0.39 is 0 Å². The third-order valence-electron chi connectivity index (χ3n) is 4.60. The van der Waals surface area contributed by atoms with E-state index in [4.69, 9.17) is 9.47 Å². The molecule has 1 aliphatic rings. The fraction of sp³-hybridized carbons (Fsp3) is 0.429. The van der Waals surface area contributed by atoms with Crippen LogP contribution in [0.25, 0.3) is 0 Å². The Morgan fingerprint density at radius 3 is 2.76 bits per heavy atom. The van der Waals surface area contributed by atoms with E-state index in [1.807, 2.05) is 36.1 Å². The second kappa shape index (κ2) is 10.7. The Morgan fingerprint density at radius 1 is 1.21 bits per heavy atom. The molecule has 2 heterocycles. The largest absolute Gasteiger partial charge is 0.497 e. The number of guanidine groups is 1. The van der Waals surface area contributed by atoms with Crippen LogP contribution in [0.3, 0.4) is 0 Å². The summed E-state index contributed by atoms with van der Waals surface area (Å²) in [6, 6.07) is 9.57. The number of amides is 1. The predicted molar refractivity (Wildman–Crippen MR) is 116 cm³/mol. The molecule has 0 spiro atoms. The van der Waals surface area contributed by atoms with Crippen molar-refractivity contribution < 1.29 is 14.3 Å². The molecule has 0 aliphatic carbocycles. The molecule has 2 N–H and O–H groups in total. The van der Waals surface area contributed by atoms with Crippen LogP contribution in [-0.4, -0.2) is 56.7 Å². The average Bonchev–Trinajstić information content (AvgIpc) is 3.23. The van der Waals surface area contributed by atoms with Crippen LogP contribution in [-0.2, 0) is 17.8 Å². The van der Waals surface area contributed by atoms with Gasteiger partial charge < -0.3 is 25.0 Å². The number of nitrogens with one attached hydrogen (secondary N) is 2. The smallest absolute Gasteiger partial charge is 0.244 e. The Kier molecular flexibility index (Phi) is 7.75. The normalized spacial score (nSPS) is 13.6. The first-order chi connectivity index (χ1) is 14.2. The van der Waals surface area contributed by atoms with E-state index in [-0.39, 0.29) is 12.5 Å². The first-order valence-corrected chi connectivity index (χ1v) is 10.7. The van der Waals surface area contributed by atoms with Crippen molar-refractivity contribution in [1.82, 2.24) is 15.5 Å². The lowest BCUT2D eigenvalue weighted by Gasteiger charge is -2.26. The first-order valence-electron chi connectivity index (χ1n) is 9.81. The number of carbonyl (C=O) groups is 1. The van der Waals surface area contributed by atoms with E-state index in [1.54, 1.807) is 18.4 Å². The van der Waals surface area contributed by atoms with Gasteiger partial charge in [-0.1, -0.05) is 0 Å². The molecule has 29 heavy (non-hydrogen) atoms. The fourth-order valence-corrected chi connectivity index (χ4v) is 3.95. The van der Waals surface area contributed by atoms with Gasteiger partial charge in [-0.25, -0.2) is 4.99 Å². The average molecular weight is 417 g/mol. The maximum atomic E-state index is 12.5. The van der Waals surface area contributed by atoms with Crippen molar-refractivity contribution >= 4 is 23.2 Å². The Labute approximate surface area is 175 Å². The second-order valence-electron chi connectivity index (χ2n) is 6.58. The number of aliphatic imine (C=N–C) groups is 1. The lowest BCUT2D eigenvalue weighted by molar-refractivity contribution is -0.130. The molecule has 0 radical (unpaired) electrons. The topological polar surface area (TPSA) is 75.2 Å². The van der Waals surface area contributed by atoms with Crippen LogP contribution in [0.5, 0.6) is 11.5 Å². The van der Waals surface area contributed by atoms with Gasteiger partial charge in [-0.15, -0.1) is 11.3 Å². The van der Waals surface area contributed by atoms with Crippen molar-refractivity contribution in [2.45, 2.75) is 19.9 Å². The van der Waals surface area contributed by atoms with Gasteiger partial charge in [-0.2, -0.15) is 0 Å². The van der Waals surface area contributed by atoms with Crippen LogP contribution < -0.4 is 20.1 Å². The molecular formula is C21H28N4O3S. The second-order valence-corrected chi connectivity index (χ2v) is 7.58. The molecule has 1 amide bonds. The Morgan fingerprint density at radius 2 is 2.00 bits per heavy atom. The molecule has 3 rings (SSSR count). The number of ether oxygens (including phenoxy) is 2. The first kappa shape index (κ1) is 21.0. The van der Waals surface area contributed by atoms with Crippen LogP contribution in [0.1, 0.15) is 17.4 Å². The van der Waals surface area contributed by atoms with Gasteiger partial charge in [0.2, 0.25) is 5.91 Å². The van der Waals surface area contributed by atoms with Crippen LogP contribution >= 0.6 is 11.3 Å². The van der Waals surface area contributed by atoms with Gasteiger partial charge in [0, 0.05) is 24.5 Å². The highest BCUT2D eigenvalue weighted by Crippen LogP contribution is 2.23. The Balaban J connectivity index is 1.43. The van der Waals surface area contributed by atoms with E-state index in [1.165, 1.54) is 10.4 Å². The quantitative estimate of drug-likeness (QED) is 0.392. The van der Waals surface area contributed by atoms with Gasteiger partial charge >= 0.3 is 0 Å². The number of hydrogen-bond donors (Lipinski definition) is 2. The molecule has 1 aromatic carbocycles. The van der Waals surface area contributed by atoms with Gasteiger partial charge in [0.15, 0.2) is 5.96 Å². The van der Waals surface area contributed by atoms with Gasteiger partial charge in [0.25, 0.3) is 0 Å². The summed E-state index contributed by atoms with van der Waals surface area (Å²) in [4.78, 5) is 20.2. The zero-order valence-electron chi connectivity index (χ0n) is 16.9. The molecule has 2 aromatic rings. The molecule has 0 bridgehead atoms. The maximum absolute atomic E-state index is 12.5. The summed E-state index contributed by atoms with van der Waals surface area (Å²) in [6.07, 6.45) is 0.934. The highest BCUT2D eigenvalue weighted by atomic mass is 32.1. The van der Waals surface area contributed by atoms with Crippen molar-refractivity contribution in [3.05, 3.63) is 46.2 Å². The van der Waals surface area contributed by atoms with Gasteiger partial charge in [-0.3, -0.25) is 4.79 Å². The van der Waals surface area contributed by atoms with Gasteiger partial charge in [-0.05, 0) is 54.6 Å². The van der Waals surface area contributed by atoms with Crippen LogP contribution in [0.2, 0.25) is 0 Å². The standard InChI is InChI=1S/C21H28N4O3S/c1-3-22-21(23-10-12-28-18-6-4-17(27-2)5-7-18)24-14-20(26)25-11-8-19-16(15-25)9-13-29-19/h4-7,9,13H,3,8,10-12,14-15H2,1-2H3,(H2,22,23,24). The van der Waals surface area contributed by atoms with Crippen molar-refractivity contribution in [1.29, 1.82) is 0 Å². The molecular weight excluding hydrogens is 388 g/mol. The summed E-state index contributed by atoms with van der Waals surface area (Å²) in [5.41, 5.74) is 1.26. The number of thiophene rings is 1. The molecule has 8 heteroatoms. The summed E-state index contributed by atoms with van der Waals surface area (Å²) >= 11 is 1.77. The van der Waals surface area contributed by atoms with Crippen LogP contribution in [0.4, 0.5) is 0 Å². The number of hydrogen-bond acceptors (Lipinski definition) is 5. The summed E-state index contributed by atoms with van der Waals surface area (Å²) < 4.78 is 10.8. The summed E-state index contributed by atoms with van der Waals surface area (Å²) in [7, 11) is 1.64. The fourth-order valence-electron chi connectivity index (χ4n) is 3.06. The molecule has 7 nitrogen and oxygen atoms in total. The van der Waals surface area contributed by atoms with E-state index in [9.17, 15) is 4.79 Å². The molecule has 0 saturated heterocycles. The van der Waals surface area contributed by atoms with Crippen molar-refractivity contribution in [2.24, 2.45) is 4.99 Å². The number of carbonyl (C=O) groups excluding carboxylic acids is 1. The zero-order valence-corrected chi connectivity index (χ0v) is 17.8. The molecule has 0 fully saturated rings. The van der Waals surface area contributed by atoms with Crippen molar-refractivity contribution in [2.75, 3.05) is 39.9 Å². The number of methoxy groups -OCH3 is 1. The molecule has 0 atom stereocenters. The van der Waals surface area contributed by atoms with E-state index >= 15 is 0 Å². The maximum Gasteiger partial charge on any atom is 0.244 e. The van der Waals surface area contributed by atoms with E-state index in [2.05, 4.69) is 27.1 Å². The van der Waals surface area contributed by atoms with Crippen molar-refractivity contribution in [3.63, 3.8) is 0 Å². The summed E-state index contributed by atoms with van der Waals surface area (Å²) in [5.74, 6) is 2.24. The van der Waals surface area contributed by atoms with Crippen molar-refractivity contribution in [3.8, 4) is 11.5 Å². The minimum atomic E-state index is 0.0496. The number of fused-ring (bicyclic) bond motifs is 1. The molecule has 1 aliphatic heterocycles. The SMILES string of the molecule is CCNC(=NCC(=O)N1CCc2sccc2C1)NCCOc1ccc(OC)cc1. The van der Waals surface area contributed by atoms with E-state index in [0.717, 1.165) is 31.0 Å². The monoisotopic (exact) mass is 416 g/mol. The number of rotatable bonds is 8. The summed E-state index contributed by atoms with van der Waals surface area (Å²) in [5, 5.41) is 8.46. The Bertz CT molecular complexity index is 820. The number of benzene rings is 1. The minimum absolute atomic E-state index is 0.0496. The van der Waals surface area contributed by atoms with Gasteiger partial charge in [0.05, 0.1) is 13.7 Å². The van der Waals surface area contributed by atoms with Gasteiger partial charge in [0.1, 0.15) is 24.7 Å². The third-order valence-corrected chi connectivity index (χ3v) is 5.62.